The monoisotopic (exact) mass is 207 g/mol. The van der Waals surface area contributed by atoms with Crippen LogP contribution in [0, 0.1) is 5.41 Å². The van der Waals surface area contributed by atoms with E-state index in [9.17, 15) is 0 Å². The molecule has 1 heterocycles. The van der Waals surface area contributed by atoms with E-state index in [-0.39, 0.29) is 0 Å². The summed E-state index contributed by atoms with van der Waals surface area (Å²) >= 11 is 0. The highest BCUT2D eigenvalue weighted by molar-refractivity contribution is 5.00. The molecule has 0 saturated heterocycles. The van der Waals surface area contributed by atoms with Crippen LogP contribution >= 0.6 is 0 Å². The van der Waals surface area contributed by atoms with Gasteiger partial charge in [-0.1, -0.05) is 6.92 Å². The van der Waals surface area contributed by atoms with Crippen molar-refractivity contribution in [2.75, 3.05) is 6.54 Å². The smallest absolute Gasteiger partial charge is 0.105 e. The van der Waals surface area contributed by atoms with Crippen LogP contribution in [0.2, 0.25) is 0 Å². The first-order valence-electron chi connectivity index (χ1n) is 6.00. The van der Waals surface area contributed by atoms with Crippen LogP contribution < -0.4 is 5.32 Å². The molecule has 2 rings (SSSR count). The molecule has 1 saturated carbocycles. The highest BCUT2D eigenvalue weighted by Gasteiger charge is 2.40. The van der Waals surface area contributed by atoms with E-state index in [2.05, 4.69) is 19.2 Å². The Balaban J connectivity index is 1.71. The predicted octanol–water partition coefficient (Wildman–Crippen LogP) is 2.99. The second kappa shape index (κ2) is 4.40. The van der Waals surface area contributed by atoms with E-state index < -0.39 is 0 Å². The van der Waals surface area contributed by atoms with Gasteiger partial charge in [0.25, 0.3) is 0 Å². The lowest BCUT2D eigenvalue weighted by atomic mass is 10.0. The molecule has 1 N–H and O–H groups in total. The number of hydrogen-bond donors (Lipinski definition) is 1. The molecule has 1 unspecified atom stereocenters. The van der Waals surface area contributed by atoms with Crippen LogP contribution in [-0.4, -0.2) is 12.6 Å². The fraction of sp³-hybridized carbons (Fsp3) is 0.692. The van der Waals surface area contributed by atoms with Crippen molar-refractivity contribution in [3.05, 3.63) is 24.2 Å². The molecule has 84 valence electrons. The third kappa shape index (κ3) is 2.85. The van der Waals surface area contributed by atoms with Gasteiger partial charge in [0.15, 0.2) is 0 Å². The van der Waals surface area contributed by atoms with Crippen LogP contribution in [-0.2, 0) is 6.42 Å². The fourth-order valence-corrected chi connectivity index (χ4v) is 2.03. The molecule has 1 aliphatic rings. The molecule has 0 aromatic carbocycles. The van der Waals surface area contributed by atoms with E-state index >= 15 is 0 Å². The lowest BCUT2D eigenvalue weighted by molar-refractivity contribution is 0.392. The average Bonchev–Trinajstić information content (AvgIpc) is 2.86. The summed E-state index contributed by atoms with van der Waals surface area (Å²) < 4.78 is 5.34. The number of rotatable bonds is 6. The molecule has 0 aliphatic heterocycles. The normalized spacial score (nSPS) is 20.1. The van der Waals surface area contributed by atoms with Gasteiger partial charge in [0, 0.05) is 19.0 Å². The quantitative estimate of drug-likeness (QED) is 0.775. The molecule has 0 bridgehead atoms. The molecule has 0 spiro atoms. The Labute approximate surface area is 92.1 Å². The van der Waals surface area contributed by atoms with Crippen molar-refractivity contribution in [3.8, 4) is 0 Å². The van der Waals surface area contributed by atoms with Crippen molar-refractivity contribution >= 4 is 0 Å². The maximum absolute atomic E-state index is 5.34. The molecule has 0 amide bonds. The summed E-state index contributed by atoms with van der Waals surface area (Å²) in [6, 6.07) is 4.52. The Bertz CT molecular complexity index is 287. The van der Waals surface area contributed by atoms with Gasteiger partial charge in [0.05, 0.1) is 6.26 Å². The highest BCUT2D eigenvalue weighted by atomic mass is 16.3. The minimum absolute atomic E-state index is 0.514. The summed E-state index contributed by atoms with van der Waals surface area (Å²) in [6.45, 7) is 5.70. The van der Waals surface area contributed by atoms with Gasteiger partial charge in [0.2, 0.25) is 0 Å². The molecule has 2 heteroatoms. The average molecular weight is 207 g/mol. The van der Waals surface area contributed by atoms with Crippen molar-refractivity contribution in [2.24, 2.45) is 5.41 Å². The third-order valence-electron chi connectivity index (χ3n) is 3.62. The van der Waals surface area contributed by atoms with Crippen molar-refractivity contribution in [1.29, 1.82) is 0 Å². The molecule has 1 atom stereocenters. The van der Waals surface area contributed by atoms with Crippen molar-refractivity contribution in [2.45, 2.75) is 45.6 Å². The van der Waals surface area contributed by atoms with Gasteiger partial charge in [-0.25, -0.2) is 0 Å². The van der Waals surface area contributed by atoms with Crippen molar-refractivity contribution < 1.29 is 4.42 Å². The maximum Gasteiger partial charge on any atom is 0.105 e. The van der Waals surface area contributed by atoms with E-state index in [1.807, 2.05) is 12.1 Å². The zero-order valence-corrected chi connectivity index (χ0v) is 9.75. The summed E-state index contributed by atoms with van der Waals surface area (Å²) in [4.78, 5) is 0. The Morgan fingerprint density at radius 1 is 1.53 bits per heavy atom. The highest BCUT2D eigenvalue weighted by Crippen LogP contribution is 2.47. The predicted molar refractivity (Wildman–Crippen MR) is 61.8 cm³/mol. The zero-order chi connectivity index (χ0) is 10.7. The molecule has 1 fully saturated rings. The lowest BCUT2D eigenvalue weighted by Gasteiger charge is -2.18. The summed E-state index contributed by atoms with van der Waals surface area (Å²) in [5, 5.41) is 3.61. The number of nitrogens with one attached hydrogen (secondary N) is 1. The van der Waals surface area contributed by atoms with Gasteiger partial charge in [-0.05, 0) is 43.7 Å². The van der Waals surface area contributed by atoms with E-state index in [0.29, 0.717) is 11.5 Å². The standard InChI is InChI=1S/C13H21NO/c1-3-13(6-7-13)10-14-11(2)9-12-5-4-8-15-12/h4-5,8,11,14H,3,6-7,9-10H2,1-2H3. The molecule has 15 heavy (non-hydrogen) atoms. The summed E-state index contributed by atoms with van der Waals surface area (Å²) in [5.41, 5.74) is 0.636. The molecular formula is C13H21NO. The molecule has 1 aromatic heterocycles. The number of furan rings is 1. The topological polar surface area (TPSA) is 25.2 Å². The lowest BCUT2D eigenvalue weighted by Crippen LogP contribution is -2.33. The van der Waals surface area contributed by atoms with Crippen molar-refractivity contribution in [1.82, 2.24) is 5.32 Å². The zero-order valence-electron chi connectivity index (χ0n) is 9.75. The third-order valence-corrected chi connectivity index (χ3v) is 3.62. The molecule has 2 nitrogen and oxygen atoms in total. The molecule has 0 radical (unpaired) electrons. The van der Waals surface area contributed by atoms with Gasteiger partial charge in [-0.2, -0.15) is 0 Å². The van der Waals surface area contributed by atoms with Crippen molar-refractivity contribution in [3.63, 3.8) is 0 Å². The first kappa shape index (κ1) is 10.7. The first-order chi connectivity index (χ1) is 7.24. The second-order valence-corrected chi connectivity index (χ2v) is 4.92. The van der Waals surface area contributed by atoms with Crippen LogP contribution in [0.4, 0.5) is 0 Å². The maximum atomic E-state index is 5.34. The molecule has 1 aromatic rings. The minimum Gasteiger partial charge on any atom is -0.469 e. The first-order valence-corrected chi connectivity index (χ1v) is 6.00. The van der Waals surface area contributed by atoms with Gasteiger partial charge in [-0.15, -0.1) is 0 Å². The Morgan fingerprint density at radius 3 is 2.87 bits per heavy atom. The summed E-state index contributed by atoms with van der Waals surface area (Å²) in [5.74, 6) is 1.08. The Kier molecular flexibility index (Phi) is 3.15. The number of hydrogen-bond acceptors (Lipinski definition) is 2. The summed E-state index contributed by atoms with van der Waals surface area (Å²) in [7, 11) is 0. The van der Waals surface area contributed by atoms with Crippen LogP contribution in [0.1, 0.15) is 38.9 Å². The van der Waals surface area contributed by atoms with Crippen LogP contribution in [0.3, 0.4) is 0 Å². The van der Waals surface area contributed by atoms with Gasteiger partial charge >= 0.3 is 0 Å². The SMILES string of the molecule is CCC1(CNC(C)Cc2ccco2)CC1. The Hall–Kier alpha value is -0.760. The fourth-order valence-electron chi connectivity index (χ4n) is 2.03. The second-order valence-electron chi connectivity index (χ2n) is 4.92. The van der Waals surface area contributed by atoms with Crippen LogP contribution in [0.15, 0.2) is 22.8 Å². The molecule has 1 aliphatic carbocycles. The van der Waals surface area contributed by atoms with Gasteiger partial charge in [0.1, 0.15) is 5.76 Å². The van der Waals surface area contributed by atoms with E-state index in [1.165, 1.54) is 25.8 Å². The van der Waals surface area contributed by atoms with Gasteiger partial charge in [-0.3, -0.25) is 0 Å². The summed E-state index contributed by atoms with van der Waals surface area (Å²) in [6.07, 6.45) is 6.87. The van der Waals surface area contributed by atoms with E-state index in [1.54, 1.807) is 6.26 Å². The molecular weight excluding hydrogens is 186 g/mol. The minimum atomic E-state index is 0.514. The Morgan fingerprint density at radius 2 is 2.33 bits per heavy atom. The van der Waals surface area contributed by atoms with Gasteiger partial charge < -0.3 is 9.73 Å². The van der Waals surface area contributed by atoms with Crippen LogP contribution in [0.25, 0.3) is 0 Å². The van der Waals surface area contributed by atoms with E-state index in [4.69, 9.17) is 4.42 Å². The van der Waals surface area contributed by atoms with Crippen LogP contribution in [0.5, 0.6) is 0 Å². The largest absolute Gasteiger partial charge is 0.469 e. The van der Waals surface area contributed by atoms with E-state index in [0.717, 1.165) is 12.2 Å².